The number of carbonyl (C=O) groups is 1. The zero-order chi connectivity index (χ0) is 15.2. The van der Waals surface area contributed by atoms with E-state index in [1.807, 2.05) is 12.1 Å². The summed E-state index contributed by atoms with van der Waals surface area (Å²) in [5.41, 5.74) is 0.993. The predicted molar refractivity (Wildman–Crippen MR) is 87.9 cm³/mol. The fourth-order valence-electron chi connectivity index (χ4n) is 2.65. The lowest BCUT2D eigenvalue weighted by atomic mass is 9.96. The van der Waals surface area contributed by atoms with Gasteiger partial charge in [0.25, 0.3) is 5.91 Å². The van der Waals surface area contributed by atoms with Gasteiger partial charge in [-0.3, -0.25) is 9.78 Å². The third-order valence-corrected chi connectivity index (χ3v) is 4.94. The molecule has 1 atom stereocenters. The van der Waals surface area contributed by atoms with Crippen LogP contribution in [0.25, 0.3) is 10.6 Å². The van der Waals surface area contributed by atoms with Crippen LogP contribution < -0.4 is 10.6 Å². The average molecular weight is 316 g/mol. The Labute approximate surface area is 134 Å². The standard InChI is InChI=1S/C16H20N4OS/c21-15(19-9-3-12-2-1-6-18-10-12)14-11-20-16(22-14)13-4-7-17-8-5-13/h4-5,7-8,11-12,18H,1-3,6,9-10H2,(H,19,21). The Morgan fingerprint density at radius 2 is 2.27 bits per heavy atom. The summed E-state index contributed by atoms with van der Waals surface area (Å²) in [5, 5.41) is 7.25. The fraction of sp³-hybridized carbons (Fsp3) is 0.438. The van der Waals surface area contributed by atoms with E-state index in [0.717, 1.165) is 36.6 Å². The summed E-state index contributed by atoms with van der Waals surface area (Å²) in [5.74, 6) is 0.657. The molecule has 0 bridgehead atoms. The molecule has 3 rings (SSSR count). The minimum atomic E-state index is -0.0263. The molecule has 1 aliphatic heterocycles. The molecule has 0 spiro atoms. The topological polar surface area (TPSA) is 66.9 Å². The molecule has 0 aromatic carbocycles. The van der Waals surface area contributed by atoms with Crippen LogP contribution in [0.1, 0.15) is 28.9 Å². The van der Waals surface area contributed by atoms with Gasteiger partial charge in [-0.05, 0) is 50.4 Å². The molecule has 1 aliphatic rings. The lowest BCUT2D eigenvalue weighted by molar-refractivity contribution is 0.0954. The maximum absolute atomic E-state index is 12.2. The van der Waals surface area contributed by atoms with Crippen molar-refractivity contribution < 1.29 is 4.79 Å². The van der Waals surface area contributed by atoms with E-state index in [1.165, 1.54) is 24.2 Å². The van der Waals surface area contributed by atoms with Crippen LogP contribution in [-0.2, 0) is 0 Å². The third-order valence-electron chi connectivity index (χ3n) is 3.89. The highest BCUT2D eigenvalue weighted by Crippen LogP contribution is 2.24. The Morgan fingerprint density at radius 1 is 1.41 bits per heavy atom. The number of hydrogen-bond donors (Lipinski definition) is 2. The van der Waals surface area contributed by atoms with Crippen molar-refractivity contribution in [1.29, 1.82) is 0 Å². The highest BCUT2D eigenvalue weighted by atomic mass is 32.1. The summed E-state index contributed by atoms with van der Waals surface area (Å²) in [4.78, 5) is 21.1. The van der Waals surface area contributed by atoms with Crippen molar-refractivity contribution in [1.82, 2.24) is 20.6 Å². The van der Waals surface area contributed by atoms with Gasteiger partial charge in [0.15, 0.2) is 0 Å². The summed E-state index contributed by atoms with van der Waals surface area (Å²) in [6.45, 7) is 2.93. The Bertz CT molecular complexity index is 608. The number of piperidine rings is 1. The van der Waals surface area contributed by atoms with Crippen LogP contribution in [0.3, 0.4) is 0 Å². The van der Waals surface area contributed by atoms with Crippen molar-refractivity contribution in [3.63, 3.8) is 0 Å². The minimum absolute atomic E-state index is 0.0263. The van der Waals surface area contributed by atoms with Crippen molar-refractivity contribution in [2.75, 3.05) is 19.6 Å². The van der Waals surface area contributed by atoms with Crippen LogP contribution >= 0.6 is 11.3 Å². The number of aromatic nitrogens is 2. The molecule has 1 unspecified atom stereocenters. The van der Waals surface area contributed by atoms with Gasteiger partial charge in [0.2, 0.25) is 0 Å². The van der Waals surface area contributed by atoms with E-state index in [2.05, 4.69) is 20.6 Å². The van der Waals surface area contributed by atoms with E-state index in [0.29, 0.717) is 10.8 Å². The van der Waals surface area contributed by atoms with Crippen molar-refractivity contribution in [3.8, 4) is 10.6 Å². The van der Waals surface area contributed by atoms with Crippen molar-refractivity contribution in [3.05, 3.63) is 35.6 Å². The highest BCUT2D eigenvalue weighted by Gasteiger charge is 2.14. The molecule has 0 radical (unpaired) electrons. The van der Waals surface area contributed by atoms with E-state index >= 15 is 0 Å². The molecular formula is C16H20N4OS. The number of thiazole rings is 1. The smallest absolute Gasteiger partial charge is 0.263 e. The number of nitrogens with one attached hydrogen (secondary N) is 2. The average Bonchev–Trinajstić information content (AvgIpc) is 3.07. The quantitative estimate of drug-likeness (QED) is 0.888. The first-order chi connectivity index (χ1) is 10.8. The maximum atomic E-state index is 12.2. The lowest BCUT2D eigenvalue weighted by Gasteiger charge is -2.22. The van der Waals surface area contributed by atoms with E-state index in [9.17, 15) is 4.79 Å². The van der Waals surface area contributed by atoms with Gasteiger partial charge in [0, 0.05) is 24.5 Å². The van der Waals surface area contributed by atoms with Gasteiger partial charge in [-0.25, -0.2) is 4.98 Å². The molecule has 22 heavy (non-hydrogen) atoms. The Kier molecular flexibility index (Phi) is 5.13. The summed E-state index contributed by atoms with van der Waals surface area (Å²) in [6, 6.07) is 3.80. The van der Waals surface area contributed by atoms with Crippen molar-refractivity contribution in [2.24, 2.45) is 5.92 Å². The molecule has 1 amide bonds. The number of carbonyl (C=O) groups excluding carboxylic acids is 1. The molecule has 6 heteroatoms. The van der Waals surface area contributed by atoms with E-state index in [4.69, 9.17) is 0 Å². The molecule has 1 fully saturated rings. The first kappa shape index (κ1) is 15.1. The van der Waals surface area contributed by atoms with Gasteiger partial charge in [0.05, 0.1) is 6.20 Å². The normalized spacial score (nSPS) is 18.1. The van der Waals surface area contributed by atoms with Crippen LogP contribution in [0.2, 0.25) is 0 Å². The number of pyridine rings is 1. The summed E-state index contributed by atoms with van der Waals surface area (Å²) in [7, 11) is 0. The number of amides is 1. The fourth-order valence-corrected chi connectivity index (χ4v) is 3.49. The van der Waals surface area contributed by atoms with Crippen LogP contribution in [0.4, 0.5) is 0 Å². The molecule has 116 valence electrons. The van der Waals surface area contributed by atoms with Gasteiger partial charge in [-0.2, -0.15) is 0 Å². The third kappa shape index (κ3) is 3.90. The molecule has 2 aromatic rings. The van der Waals surface area contributed by atoms with Gasteiger partial charge >= 0.3 is 0 Å². The second-order valence-corrected chi connectivity index (χ2v) is 6.55. The van der Waals surface area contributed by atoms with Crippen LogP contribution in [0.5, 0.6) is 0 Å². The van der Waals surface area contributed by atoms with Gasteiger partial charge in [0.1, 0.15) is 9.88 Å². The van der Waals surface area contributed by atoms with Crippen LogP contribution in [0, 0.1) is 5.92 Å². The molecular weight excluding hydrogens is 296 g/mol. The molecule has 0 aliphatic carbocycles. The van der Waals surface area contributed by atoms with Crippen molar-refractivity contribution >= 4 is 17.2 Å². The summed E-state index contributed by atoms with van der Waals surface area (Å²) >= 11 is 1.42. The summed E-state index contributed by atoms with van der Waals surface area (Å²) in [6.07, 6.45) is 8.65. The van der Waals surface area contributed by atoms with Gasteiger partial charge in [-0.1, -0.05) is 0 Å². The van der Waals surface area contributed by atoms with Gasteiger partial charge < -0.3 is 10.6 Å². The molecule has 3 heterocycles. The lowest BCUT2D eigenvalue weighted by Crippen LogP contribution is -2.33. The summed E-state index contributed by atoms with van der Waals surface area (Å²) < 4.78 is 0. The molecule has 1 saturated heterocycles. The first-order valence-electron chi connectivity index (χ1n) is 7.68. The highest BCUT2D eigenvalue weighted by molar-refractivity contribution is 7.16. The predicted octanol–water partition coefficient (Wildman–Crippen LogP) is 2.32. The number of rotatable bonds is 5. The number of nitrogens with zero attached hydrogens (tertiary/aromatic N) is 2. The Morgan fingerprint density at radius 3 is 3.05 bits per heavy atom. The largest absolute Gasteiger partial charge is 0.351 e. The van der Waals surface area contributed by atoms with Crippen LogP contribution in [0.15, 0.2) is 30.7 Å². The minimum Gasteiger partial charge on any atom is -0.351 e. The maximum Gasteiger partial charge on any atom is 0.263 e. The second kappa shape index (κ2) is 7.47. The second-order valence-electron chi connectivity index (χ2n) is 5.52. The zero-order valence-electron chi connectivity index (χ0n) is 12.4. The van der Waals surface area contributed by atoms with E-state index < -0.39 is 0 Å². The van der Waals surface area contributed by atoms with E-state index in [-0.39, 0.29) is 5.91 Å². The van der Waals surface area contributed by atoms with Crippen molar-refractivity contribution in [2.45, 2.75) is 19.3 Å². The van der Waals surface area contributed by atoms with Gasteiger partial charge in [-0.15, -0.1) is 11.3 Å². The van der Waals surface area contributed by atoms with Crippen LogP contribution in [-0.4, -0.2) is 35.5 Å². The van der Waals surface area contributed by atoms with E-state index in [1.54, 1.807) is 18.6 Å². The monoisotopic (exact) mass is 316 g/mol. The zero-order valence-corrected chi connectivity index (χ0v) is 13.2. The Hall–Kier alpha value is -1.79. The molecule has 0 saturated carbocycles. The SMILES string of the molecule is O=C(NCCC1CCCNC1)c1cnc(-c2ccncc2)s1. The first-order valence-corrected chi connectivity index (χ1v) is 8.50. The number of hydrogen-bond acceptors (Lipinski definition) is 5. The molecule has 5 nitrogen and oxygen atoms in total. The molecule has 2 N–H and O–H groups in total. The Balaban J connectivity index is 1.51. The molecule has 2 aromatic heterocycles.